The van der Waals surface area contributed by atoms with Crippen molar-refractivity contribution in [3.63, 3.8) is 0 Å². The maximum Gasteiger partial charge on any atom is 0.290 e. The molecule has 0 saturated carbocycles. The van der Waals surface area contributed by atoms with Crippen molar-refractivity contribution in [2.45, 2.75) is 12.8 Å². The van der Waals surface area contributed by atoms with E-state index in [9.17, 15) is 14.7 Å². The van der Waals surface area contributed by atoms with Crippen LogP contribution in [-0.2, 0) is 4.79 Å². The van der Waals surface area contributed by atoms with Gasteiger partial charge in [0.25, 0.3) is 11.1 Å². The molecule has 1 atom stereocenters. The Labute approximate surface area is 131 Å². The molecule has 2 aliphatic rings. The molecule has 0 aromatic carbocycles. The zero-order valence-corrected chi connectivity index (χ0v) is 12.7. The maximum atomic E-state index is 11.6. The van der Waals surface area contributed by atoms with Crippen molar-refractivity contribution in [2.24, 2.45) is 5.92 Å². The summed E-state index contributed by atoms with van der Waals surface area (Å²) in [6.45, 7) is 1.74. The van der Waals surface area contributed by atoms with Crippen molar-refractivity contribution in [1.29, 1.82) is 0 Å². The summed E-state index contributed by atoms with van der Waals surface area (Å²) in [7, 11) is 0. The Bertz CT molecular complexity index is 634. The lowest BCUT2D eigenvalue weighted by Gasteiger charge is -2.31. The number of rotatable bonds is 3. The SMILES string of the molecule is O=C1NC(=O)/C(=C/c2ccnc(N3CCCC(CO)C3)n2)S1. The standard InChI is InChI=1S/C14H16N4O3S/c19-8-9-2-1-5-18(7-9)13-15-4-3-10(16-13)6-11-12(20)17-14(21)22-11/h3-4,6,9,19H,1-2,5,7-8H2,(H,17,20,21)/b11-6-. The highest BCUT2D eigenvalue weighted by Gasteiger charge is 2.25. The molecule has 3 heterocycles. The smallest absolute Gasteiger partial charge is 0.290 e. The van der Waals surface area contributed by atoms with Gasteiger partial charge < -0.3 is 10.0 Å². The monoisotopic (exact) mass is 320 g/mol. The molecule has 0 bridgehead atoms. The highest BCUT2D eigenvalue weighted by Crippen LogP contribution is 2.26. The van der Waals surface area contributed by atoms with Crippen LogP contribution in [0.25, 0.3) is 6.08 Å². The van der Waals surface area contributed by atoms with Crippen LogP contribution in [0.15, 0.2) is 17.2 Å². The van der Waals surface area contributed by atoms with Crippen molar-refractivity contribution in [3.05, 3.63) is 22.9 Å². The molecule has 22 heavy (non-hydrogen) atoms. The van der Waals surface area contributed by atoms with Crippen LogP contribution in [0.5, 0.6) is 0 Å². The fourth-order valence-corrected chi connectivity index (χ4v) is 3.21. The van der Waals surface area contributed by atoms with Crippen LogP contribution in [-0.4, -0.2) is 45.9 Å². The summed E-state index contributed by atoms with van der Waals surface area (Å²) < 4.78 is 0. The Kier molecular flexibility index (Phi) is 4.39. The predicted octanol–water partition coefficient (Wildman–Crippen LogP) is 1.01. The topological polar surface area (TPSA) is 95.4 Å². The van der Waals surface area contributed by atoms with Gasteiger partial charge in [-0.3, -0.25) is 14.9 Å². The number of amides is 2. The van der Waals surface area contributed by atoms with Crippen LogP contribution in [0.4, 0.5) is 10.7 Å². The van der Waals surface area contributed by atoms with Gasteiger partial charge >= 0.3 is 0 Å². The van der Waals surface area contributed by atoms with E-state index in [2.05, 4.69) is 15.3 Å². The Morgan fingerprint density at radius 3 is 3.09 bits per heavy atom. The number of aliphatic hydroxyl groups is 1. The van der Waals surface area contributed by atoms with Crippen LogP contribution in [0.3, 0.4) is 0 Å². The number of hydrogen-bond acceptors (Lipinski definition) is 7. The molecule has 8 heteroatoms. The summed E-state index contributed by atoms with van der Waals surface area (Å²) in [5.41, 5.74) is 0.587. The largest absolute Gasteiger partial charge is 0.396 e. The first-order valence-corrected chi connectivity index (χ1v) is 7.91. The van der Waals surface area contributed by atoms with Crippen molar-refractivity contribution >= 4 is 34.9 Å². The van der Waals surface area contributed by atoms with Crippen LogP contribution >= 0.6 is 11.8 Å². The molecular formula is C14H16N4O3S. The van der Waals surface area contributed by atoms with E-state index in [-0.39, 0.29) is 17.8 Å². The molecule has 2 amide bonds. The molecule has 7 nitrogen and oxygen atoms in total. The Hall–Kier alpha value is -1.93. The molecule has 2 saturated heterocycles. The average molecular weight is 320 g/mol. The van der Waals surface area contributed by atoms with E-state index in [0.29, 0.717) is 16.5 Å². The van der Waals surface area contributed by atoms with Crippen LogP contribution in [0.2, 0.25) is 0 Å². The number of piperidine rings is 1. The van der Waals surface area contributed by atoms with E-state index in [4.69, 9.17) is 0 Å². The summed E-state index contributed by atoms with van der Waals surface area (Å²) in [6.07, 6.45) is 5.22. The molecular weight excluding hydrogens is 304 g/mol. The number of imide groups is 1. The van der Waals surface area contributed by atoms with Gasteiger partial charge in [-0.25, -0.2) is 9.97 Å². The number of aliphatic hydroxyl groups excluding tert-OH is 1. The van der Waals surface area contributed by atoms with Gasteiger partial charge in [0.15, 0.2) is 0 Å². The van der Waals surface area contributed by atoms with Gasteiger partial charge in [0.05, 0.1) is 10.6 Å². The van der Waals surface area contributed by atoms with Gasteiger partial charge in [0.1, 0.15) is 0 Å². The summed E-state index contributed by atoms with van der Waals surface area (Å²) in [4.78, 5) is 33.8. The molecule has 1 aromatic heterocycles. The van der Waals surface area contributed by atoms with Gasteiger partial charge in [-0.1, -0.05) is 0 Å². The third-order valence-corrected chi connectivity index (χ3v) is 4.46. The van der Waals surface area contributed by atoms with Crippen LogP contribution < -0.4 is 10.2 Å². The molecule has 2 aliphatic heterocycles. The first-order valence-electron chi connectivity index (χ1n) is 7.09. The number of nitrogens with zero attached hydrogens (tertiary/aromatic N) is 3. The average Bonchev–Trinajstić information content (AvgIpc) is 2.85. The normalized spacial score (nSPS) is 24.0. The van der Waals surface area contributed by atoms with E-state index in [1.54, 1.807) is 18.3 Å². The molecule has 116 valence electrons. The van der Waals surface area contributed by atoms with E-state index >= 15 is 0 Å². The molecule has 1 aromatic rings. The molecule has 0 spiro atoms. The van der Waals surface area contributed by atoms with Gasteiger partial charge in [-0.05, 0) is 42.7 Å². The van der Waals surface area contributed by atoms with E-state index in [1.807, 2.05) is 4.90 Å². The molecule has 1 unspecified atom stereocenters. The van der Waals surface area contributed by atoms with Gasteiger partial charge in [-0.15, -0.1) is 0 Å². The molecule has 2 N–H and O–H groups in total. The second-order valence-corrected chi connectivity index (χ2v) is 6.29. The Balaban J connectivity index is 1.79. The molecule has 3 rings (SSSR count). The highest BCUT2D eigenvalue weighted by molar-refractivity contribution is 8.18. The van der Waals surface area contributed by atoms with Crippen LogP contribution in [0, 0.1) is 5.92 Å². The number of carbonyl (C=O) groups is 2. The maximum absolute atomic E-state index is 11.6. The number of thioether (sulfide) groups is 1. The first kappa shape index (κ1) is 15.0. The van der Waals surface area contributed by atoms with Crippen molar-refractivity contribution < 1.29 is 14.7 Å². The second-order valence-electron chi connectivity index (χ2n) is 5.27. The van der Waals surface area contributed by atoms with Gasteiger partial charge in [-0.2, -0.15) is 0 Å². The quantitative estimate of drug-likeness (QED) is 0.802. The lowest BCUT2D eigenvalue weighted by Crippen LogP contribution is -2.37. The van der Waals surface area contributed by atoms with Crippen molar-refractivity contribution in [1.82, 2.24) is 15.3 Å². The first-order chi connectivity index (χ1) is 10.7. The zero-order valence-electron chi connectivity index (χ0n) is 11.9. The summed E-state index contributed by atoms with van der Waals surface area (Å²) >= 11 is 0.868. The minimum atomic E-state index is -0.395. The summed E-state index contributed by atoms with van der Waals surface area (Å²) in [6, 6.07) is 1.70. The molecule has 0 radical (unpaired) electrons. The Morgan fingerprint density at radius 2 is 2.36 bits per heavy atom. The number of anilines is 1. The lowest BCUT2D eigenvalue weighted by atomic mass is 9.99. The van der Waals surface area contributed by atoms with Crippen molar-refractivity contribution in [2.75, 3.05) is 24.6 Å². The van der Waals surface area contributed by atoms with Gasteiger partial charge in [0.2, 0.25) is 5.95 Å². The molecule has 0 aliphatic carbocycles. The highest BCUT2D eigenvalue weighted by atomic mass is 32.2. The number of aromatic nitrogens is 2. The zero-order chi connectivity index (χ0) is 15.5. The fraction of sp³-hybridized carbons (Fsp3) is 0.429. The second kappa shape index (κ2) is 6.45. The van der Waals surface area contributed by atoms with Crippen LogP contribution in [0.1, 0.15) is 18.5 Å². The van der Waals surface area contributed by atoms with E-state index < -0.39 is 5.91 Å². The third-order valence-electron chi connectivity index (χ3n) is 3.65. The molecule has 2 fully saturated rings. The summed E-state index contributed by atoms with van der Waals surface area (Å²) in [5.74, 6) is 0.434. The van der Waals surface area contributed by atoms with E-state index in [0.717, 1.165) is 37.7 Å². The van der Waals surface area contributed by atoms with E-state index in [1.165, 1.54) is 0 Å². The Morgan fingerprint density at radius 1 is 1.50 bits per heavy atom. The minimum absolute atomic E-state index is 0.166. The third kappa shape index (κ3) is 3.28. The van der Waals surface area contributed by atoms with Gasteiger partial charge in [0, 0.05) is 25.9 Å². The summed E-state index contributed by atoms with van der Waals surface area (Å²) in [5, 5.41) is 11.1. The predicted molar refractivity (Wildman–Crippen MR) is 83.2 cm³/mol. The number of nitrogens with one attached hydrogen (secondary N) is 1. The van der Waals surface area contributed by atoms with Crippen molar-refractivity contribution in [3.8, 4) is 0 Å². The fourth-order valence-electron chi connectivity index (χ4n) is 2.55. The number of carbonyl (C=O) groups excluding carboxylic acids is 2. The lowest BCUT2D eigenvalue weighted by molar-refractivity contribution is -0.115. The minimum Gasteiger partial charge on any atom is -0.396 e. The number of hydrogen-bond donors (Lipinski definition) is 2.